The van der Waals surface area contributed by atoms with Gasteiger partial charge in [-0.05, 0) is 48.9 Å². The molecule has 1 amide bonds. The van der Waals surface area contributed by atoms with Crippen LogP contribution in [0.2, 0.25) is 5.02 Å². The van der Waals surface area contributed by atoms with Crippen LogP contribution in [0.1, 0.15) is 17.4 Å². The Balaban J connectivity index is 1.71. The molecule has 2 N–H and O–H groups in total. The molecule has 0 saturated carbocycles. The lowest BCUT2D eigenvalue weighted by Gasteiger charge is -2.33. The molecule has 148 valence electrons. The van der Waals surface area contributed by atoms with Gasteiger partial charge in [0.05, 0.1) is 13.2 Å². The number of rotatable bonds is 4. The third-order valence-corrected chi connectivity index (χ3v) is 5.07. The van der Waals surface area contributed by atoms with E-state index >= 15 is 0 Å². The van der Waals surface area contributed by atoms with Gasteiger partial charge >= 0.3 is 0 Å². The summed E-state index contributed by atoms with van der Waals surface area (Å²) in [7, 11) is 1.60. The summed E-state index contributed by atoms with van der Waals surface area (Å²) >= 11 is 6.06. The topological polar surface area (TPSA) is 81.1 Å². The normalized spacial score (nSPS) is 18.0. The molecule has 7 nitrogen and oxygen atoms in total. The van der Waals surface area contributed by atoms with Crippen LogP contribution in [-0.4, -0.2) is 27.8 Å². The van der Waals surface area contributed by atoms with Crippen molar-refractivity contribution in [3.63, 3.8) is 0 Å². The summed E-state index contributed by atoms with van der Waals surface area (Å²) in [6.45, 7) is 5.89. The largest absolute Gasteiger partial charge is 0.497 e. The number of carbonyl (C=O) groups is 1. The van der Waals surface area contributed by atoms with E-state index in [4.69, 9.17) is 16.3 Å². The van der Waals surface area contributed by atoms with Crippen LogP contribution in [-0.2, 0) is 4.79 Å². The summed E-state index contributed by atoms with van der Waals surface area (Å²) in [5.74, 6) is 1.07. The van der Waals surface area contributed by atoms with Crippen molar-refractivity contribution in [3.05, 3.63) is 77.2 Å². The number of hydrogen-bond acceptors (Lipinski definition) is 5. The minimum absolute atomic E-state index is 0.202. The maximum Gasteiger partial charge on any atom is 0.235 e. The van der Waals surface area contributed by atoms with E-state index in [2.05, 4.69) is 27.3 Å². The summed E-state index contributed by atoms with van der Waals surface area (Å²) < 4.78 is 6.89. The zero-order valence-electron chi connectivity index (χ0n) is 16.0. The Bertz CT molecular complexity index is 1060. The maximum absolute atomic E-state index is 13.3. The van der Waals surface area contributed by atoms with Crippen molar-refractivity contribution >= 4 is 29.1 Å². The number of nitrogens with one attached hydrogen (secondary N) is 2. The Kier molecular flexibility index (Phi) is 4.98. The molecule has 3 aromatic rings. The van der Waals surface area contributed by atoms with Crippen LogP contribution < -0.4 is 15.4 Å². The van der Waals surface area contributed by atoms with Gasteiger partial charge in [0.1, 0.15) is 17.5 Å². The van der Waals surface area contributed by atoms with Gasteiger partial charge in [-0.3, -0.25) is 4.79 Å². The Labute approximate surface area is 173 Å². The minimum atomic E-state index is -0.605. The first-order valence-electron chi connectivity index (χ1n) is 9.05. The molecule has 0 fully saturated rings. The monoisotopic (exact) mass is 409 g/mol. The standard InChI is InChI=1S/C21H20ClN5O2/c1-12-18(20(28)25-16-8-10-17(29-3)11-9-16)19(14-4-6-15(22)7-5-14)27-21(23-12)24-13(2)26-27/h4-11,18-19H,1H2,2-3H3,(H,25,28)(H,23,24,26)/t18-,19+/m0/s1. The van der Waals surface area contributed by atoms with E-state index in [1.165, 1.54) is 0 Å². The fraction of sp³-hybridized carbons (Fsp3) is 0.190. The maximum atomic E-state index is 13.3. The lowest BCUT2D eigenvalue weighted by molar-refractivity contribution is -0.119. The molecule has 0 unspecified atom stereocenters. The van der Waals surface area contributed by atoms with Gasteiger partial charge in [-0.15, -0.1) is 0 Å². The molecule has 8 heteroatoms. The van der Waals surface area contributed by atoms with E-state index in [-0.39, 0.29) is 5.91 Å². The van der Waals surface area contributed by atoms with Gasteiger partial charge in [-0.25, -0.2) is 4.68 Å². The first-order chi connectivity index (χ1) is 14.0. The molecule has 1 aliphatic heterocycles. The molecular formula is C21H20ClN5O2. The van der Waals surface area contributed by atoms with Crippen molar-refractivity contribution in [3.8, 4) is 5.75 Å². The number of amides is 1. The Morgan fingerprint density at radius 2 is 1.90 bits per heavy atom. The van der Waals surface area contributed by atoms with Crippen molar-refractivity contribution in [1.29, 1.82) is 0 Å². The summed E-state index contributed by atoms with van der Waals surface area (Å²) in [5.41, 5.74) is 2.10. The molecule has 1 aromatic heterocycles. The molecule has 0 saturated heterocycles. The number of anilines is 2. The molecule has 1 aliphatic rings. The summed E-state index contributed by atoms with van der Waals surface area (Å²) in [5, 5.41) is 11.2. The average Bonchev–Trinajstić information content (AvgIpc) is 3.07. The van der Waals surface area contributed by atoms with Crippen LogP contribution >= 0.6 is 11.6 Å². The first kappa shape index (κ1) is 19.0. The van der Waals surface area contributed by atoms with Crippen molar-refractivity contribution in [2.24, 2.45) is 5.92 Å². The van der Waals surface area contributed by atoms with Crippen molar-refractivity contribution in [2.75, 3.05) is 17.7 Å². The summed E-state index contributed by atoms with van der Waals surface area (Å²) in [4.78, 5) is 17.7. The SMILES string of the molecule is C=C1Nc2nc(C)nn2[C@H](c2ccc(Cl)cc2)[C@H]1C(=O)Nc1ccc(OC)cc1. The Morgan fingerprint density at radius 1 is 1.21 bits per heavy atom. The molecule has 29 heavy (non-hydrogen) atoms. The molecule has 0 bridgehead atoms. The molecular weight excluding hydrogens is 390 g/mol. The number of nitrogens with zero attached hydrogens (tertiary/aromatic N) is 3. The van der Waals surface area contributed by atoms with Gasteiger partial charge in [0, 0.05) is 16.4 Å². The number of hydrogen-bond donors (Lipinski definition) is 2. The lowest BCUT2D eigenvalue weighted by Crippen LogP contribution is -2.39. The molecule has 2 heterocycles. The number of aromatic nitrogens is 3. The fourth-order valence-corrected chi connectivity index (χ4v) is 3.58. The van der Waals surface area contributed by atoms with Crippen molar-refractivity contribution in [1.82, 2.24) is 14.8 Å². The van der Waals surface area contributed by atoms with E-state index in [1.54, 1.807) is 55.1 Å². The third-order valence-electron chi connectivity index (χ3n) is 4.82. The number of carbonyl (C=O) groups excluding carboxylic acids is 1. The molecule has 0 aliphatic carbocycles. The van der Waals surface area contributed by atoms with E-state index in [0.29, 0.717) is 33.9 Å². The molecule has 0 radical (unpaired) electrons. The van der Waals surface area contributed by atoms with E-state index in [9.17, 15) is 4.79 Å². The van der Waals surface area contributed by atoms with E-state index in [0.717, 1.165) is 5.56 Å². The van der Waals surface area contributed by atoms with Gasteiger partial charge in [-0.2, -0.15) is 10.1 Å². The minimum Gasteiger partial charge on any atom is -0.497 e. The highest BCUT2D eigenvalue weighted by Crippen LogP contribution is 2.38. The zero-order chi connectivity index (χ0) is 20.5. The van der Waals surface area contributed by atoms with Crippen LogP contribution in [0.15, 0.2) is 60.8 Å². The van der Waals surface area contributed by atoms with Gasteiger partial charge in [0.25, 0.3) is 0 Å². The smallest absolute Gasteiger partial charge is 0.235 e. The average molecular weight is 410 g/mol. The van der Waals surface area contributed by atoms with E-state index < -0.39 is 12.0 Å². The predicted molar refractivity (Wildman–Crippen MR) is 112 cm³/mol. The second-order valence-corrected chi connectivity index (χ2v) is 7.21. The second-order valence-electron chi connectivity index (χ2n) is 6.77. The molecule has 2 aromatic carbocycles. The second kappa shape index (κ2) is 7.60. The van der Waals surface area contributed by atoms with Crippen LogP contribution in [0.5, 0.6) is 5.75 Å². The highest BCUT2D eigenvalue weighted by atomic mass is 35.5. The number of ether oxygens (including phenoxy) is 1. The molecule has 0 spiro atoms. The number of methoxy groups -OCH3 is 1. The van der Waals surface area contributed by atoms with Gasteiger partial charge in [0.2, 0.25) is 11.9 Å². The zero-order valence-corrected chi connectivity index (χ0v) is 16.8. The highest BCUT2D eigenvalue weighted by molar-refractivity contribution is 6.30. The van der Waals surface area contributed by atoms with Crippen LogP contribution in [0.4, 0.5) is 11.6 Å². The quantitative estimate of drug-likeness (QED) is 0.679. The molecule has 2 atom stereocenters. The predicted octanol–water partition coefficient (Wildman–Crippen LogP) is 4.03. The fourth-order valence-electron chi connectivity index (χ4n) is 3.45. The summed E-state index contributed by atoms with van der Waals surface area (Å²) in [6.07, 6.45) is 0. The van der Waals surface area contributed by atoms with Crippen molar-refractivity contribution in [2.45, 2.75) is 13.0 Å². The van der Waals surface area contributed by atoms with E-state index in [1.807, 2.05) is 12.1 Å². The Morgan fingerprint density at radius 3 is 2.55 bits per heavy atom. The van der Waals surface area contributed by atoms with Gasteiger partial charge in [-0.1, -0.05) is 30.3 Å². The van der Waals surface area contributed by atoms with Gasteiger partial charge in [0.15, 0.2) is 0 Å². The first-order valence-corrected chi connectivity index (χ1v) is 9.43. The van der Waals surface area contributed by atoms with Crippen LogP contribution in [0.25, 0.3) is 0 Å². The number of aryl methyl sites for hydroxylation is 1. The molecule has 4 rings (SSSR count). The van der Waals surface area contributed by atoms with Crippen LogP contribution in [0, 0.1) is 12.8 Å². The lowest BCUT2D eigenvalue weighted by atomic mass is 9.88. The number of benzene rings is 2. The number of halogens is 1. The Hall–Kier alpha value is -3.32. The van der Waals surface area contributed by atoms with Crippen LogP contribution in [0.3, 0.4) is 0 Å². The highest BCUT2D eigenvalue weighted by Gasteiger charge is 2.39. The number of fused-ring (bicyclic) bond motifs is 1. The van der Waals surface area contributed by atoms with Gasteiger partial charge < -0.3 is 15.4 Å². The third kappa shape index (κ3) is 3.69. The van der Waals surface area contributed by atoms with Crippen molar-refractivity contribution < 1.29 is 9.53 Å². The summed E-state index contributed by atoms with van der Waals surface area (Å²) in [6, 6.07) is 14.1.